The molecule has 1 N–H and O–H groups in total. The Morgan fingerprint density at radius 1 is 1.04 bits per heavy atom. The van der Waals surface area contributed by atoms with Crippen molar-refractivity contribution in [3.8, 4) is 0 Å². The van der Waals surface area contributed by atoms with E-state index in [1.807, 2.05) is 0 Å². The average Bonchev–Trinajstić information content (AvgIpc) is 3.22. The van der Waals surface area contributed by atoms with Crippen LogP contribution in [0.5, 0.6) is 0 Å². The number of nitrogens with zero attached hydrogens (tertiary/aromatic N) is 2. The third kappa shape index (κ3) is 4.00. The van der Waals surface area contributed by atoms with Crippen LogP contribution < -0.4 is 4.72 Å². The fourth-order valence-electron chi connectivity index (χ4n) is 2.82. The van der Waals surface area contributed by atoms with Crippen molar-refractivity contribution in [1.29, 1.82) is 0 Å². The van der Waals surface area contributed by atoms with Gasteiger partial charge in [0.25, 0.3) is 11.8 Å². The van der Waals surface area contributed by atoms with Crippen molar-refractivity contribution >= 4 is 33.4 Å². The van der Waals surface area contributed by atoms with Gasteiger partial charge in [0.15, 0.2) is 0 Å². The predicted octanol–water partition coefficient (Wildman–Crippen LogP) is 1.44. The van der Waals surface area contributed by atoms with Crippen LogP contribution >= 0.6 is 11.6 Å². The summed E-state index contributed by atoms with van der Waals surface area (Å²) < 4.78 is 31.2. The molecule has 0 atom stereocenters. The number of nitrogens with one attached hydrogen (secondary N) is 1. The van der Waals surface area contributed by atoms with Gasteiger partial charge in [-0.3, -0.25) is 9.59 Å². The number of hydrogen-bond donors (Lipinski definition) is 1. The Morgan fingerprint density at radius 2 is 1.63 bits per heavy atom. The summed E-state index contributed by atoms with van der Waals surface area (Å²) in [4.78, 5) is 28.1. The second kappa shape index (κ2) is 7.71. The maximum atomic E-state index is 12.7. The van der Waals surface area contributed by atoms with Crippen molar-refractivity contribution in [2.24, 2.45) is 0 Å². The lowest BCUT2D eigenvalue weighted by atomic mass is 10.1. The molecule has 3 rings (SSSR count). The lowest BCUT2D eigenvalue weighted by Gasteiger charge is -2.34. The number of carbonyl (C=O) groups is 2. The summed E-state index contributed by atoms with van der Waals surface area (Å²) in [5.41, 5.74) is 0.692. The monoisotopic (exact) mass is 411 g/mol. The summed E-state index contributed by atoms with van der Waals surface area (Å²) in [5.74, 6) is -0.459. The zero-order valence-corrected chi connectivity index (χ0v) is 16.1. The molecule has 2 amide bonds. The maximum Gasteiger partial charge on any atom is 0.257 e. The van der Waals surface area contributed by atoms with E-state index >= 15 is 0 Å². The number of furan rings is 1. The molecule has 0 radical (unpaired) electrons. The second-order valence-corrected chi connectivity index (χ2v) is 8.21. The minimum Gasteiger partial charge on any atom is -0.472 e. The summed E-state index contributed by atoms with van der Waals surface area (Å²) >= 11 is 5.96. The van der Waals surface area contributed by atoms with Crippen LogP contribution in [0, 0.1) is 0 Å². The highest BCUT2D eigenvalue weighted by Crippen LogP contribution is 2.23. The van der Waals surface area contributed by atoms with Gasteiger partial charge in [-0.2, -0.15) is 0 Å². The van der Waals surface area contributed by atoms with Gasteiger partial charge in [-0.15, -0.1) is 0 Å². The van der Waals surface area contributed by atoms with Gasteiger partial charge >= 0.3 is 0 Å². The van der Waals surface area contributed by atoms with Crippen LogP contribution in [-0.2, 0) is 10.0 Å². The number of carbonyl (C=O) groups excluding carboxylic acids is 2. The molecule has 0 spiro atoms. The molecule has 144 valence electrons. The molecule has 1 aromatic heterocycles. The van der Waals surface area contributed by atoms with Gasteiger partial charge in [0.1, 0.15) is 11.2 Å². The van der Waals surface area contributed by atoms with Gasteiger partial charge in [-0.05, 0) is 31.3 Å². The Balaban J connectivity index is 1.71. The highest BCUT2D eigenvalue weighted by Gasteiger charge is 2.27. The number of benzene rings is 1. The summed E-state index contributed by atoms with van der Waals surface area (Å²) in [6, 6.07) is 5.73. The summed E-state index contributed by atoms with van der Waals surface area (Å²) in [6.07, 6.45) is 2.82. The van der Waals surface area contributed by atoms with Crippen molar-refractivity contribution < 1.29 is 22.4 Å². The van der Waals surface area contributed by atoms with E-state index in [0.29, 0.717) is 31.7 Å². The first-order chi connectivity index (χ1) is 12.8. The standard InChI is InChI=1S/C17H18ClN3O5S/c1-19-27(24,25)15-10-12(2-3-14(15)18)16(22)20-5-7-21(8-6-20)17(23)13-4-9-26-11-13/h2-4,9-11,19H,5-8H2,1H3. The minimum atomic E-state index is -3.78. The van der Waals surface area contributed by atoms with Crippen LogP contribution in [0.3, 0.4) is 0 Å². The molecule has 8 nitrogen and oxygen atoms in total. The van der Waals surface area contributed by atoms with Gasteiger partial charge in [-0.1, -0.05) is 11.6 Å². The Hall–Kier alpha value is -2.36. The van der Waals surface area contributed by atoms with Crippen LogP contribution in [0.4, 0.5) is 0 Å². The van der Waals surface area contributed by atoms with Gasteiger partial charge in [0.05, 0.1) is 16.8 Å². The number of sulfonamides is 1. The molecule has 10 heteroatoms. The van der Waals surface area contributed by atoms with Crippen molar-refractivity contribution in [2.45, 2.75) is 4.90 Å². The molecule has 1 saturated heterocycles. The first-order valence-corrected chi connectivity index (χ1v) is 10.0. The largest absolute Gasteiger partial charge is 0.472 e. The normalized spacial score (nSPS) is 15.0. The smallest absolute Gasteiger partial charge is 0.257 e. The zero-order chi connectivity index (χ0) is 19.6. The molecule has 0 unspecified atom stereocenters. The third-order valence-corrected chi connectivity index (χ3v) is 6.25. The van der Waals surface area contributed by atoms with Crippen LogP contribution in [0.1, 0.15) is 20.7 Å². The Morgan fingerprint density at radius 3 is 2.15 bits per heavy atom. The minimum absolute atomic E-state index is 0.0384. The molecular weight excluding hydrogens is 394 g/mol. The van der Waals surface area contributed by atoms with Gasteiger partial charge in [-0.25, -0.2) is 13.1 Å². The van der Waals surface area contributed by atoms with Crippen LogP contribution in [0.25, 0.3) is 0 Å². The quantitative estimate of drug-likeness (QED) is 0.820. The topological polar surface area (TPSA) is 99.9 Å². The molecular formula is C17H18ClN3O5S. The fraction of sp³-hybridized carbons (Fsp3) is 0.294. The molecule has 2 heterocycles. The number of halogens is 1. The van der Waals surface area contributed by atoms with Gasteiger partial charge in [0, 0.05) is 31.7 Å². The number of rotatable bonds is 4. The maximum absolute atomic E-state index is 12.7. The van der Waals surface area contributed by atoms with Crippen LogP contribution in [0.2, 0.25) is 5.02 Å². The van der Waals surface area contributed by atoms with E-state index in [1.54, 1.807) is 15.9 Å². The van der Waals surface area contributed by atoms with Crippen molar-refractivity contribution in [2.75, 3.05) is 33.2 Å². The molecule has 27 heavy (non-hydrogen) atoms. The highest BCUT2D eigenvalue weighted by molar-refractivity contribution is 7.89. The average molecular weight is 412 g/mol. The first-order valence-electron chi connectivity index (χ1n) is 8.17. The van der Waals surface area contributed by atoms with Crippen molar-refractivity contribution in [1.82, 2.24) is 14.5 Å². The Labute approximate surface area is 161 Å². The third-order valence-electron chi connectivity index (χ3n) is 4.36. The van der Waals surface area contributed by atoms with E-state index in [0.717, 1.165) is 0 Å². The summed E-state index contributed by atoms with van der Waals surface area (Å²) in [6.45, 7) is 1.45. The summed E-state index contributed by atoms with van der Waals surface area (Å²) in [5, 5.41) is 0.0384. The molecule has 1 aliphatic rings. The summed E-state index contributed by atoms with van der Waals surface area (Å²) in [7, 11) is -2.50. The molecule has 0 bridgehead atoms. The molecule has 2 aromatic rings. The lowest BCUT2D eigenvalue weighted by molar-refractivity contribution is 0.0535. The van der Waals surface area contributed by atoms with Crippen molar-refractivity contribution in [3.63, 3.8) is 0 Å². The number of amides is 2. The van der Waals surface area contributed by atoms with Crippen LogP contribution in [0.15, 0.2) is 46.1 Å². The molecule has 0 saturated carbocycles. The van der Waals surface area contributed by atoms with E-state index in [1.165, 1.54) is 37.8 Å². The number of piperazine rings is 1. The van der Waals surface area contributed by atoms with E-state index in [-0.39, 0.29) is 27.3 Å². The molecule has 1 aliphatic heterocycles. The predicted molar refractivity (Wildman–Crippen MR) is 98.2 cm³/mol. The van der Waals surface area contributed by atoms with E-state index in [4.69, 9.17) is 16.0 Å². The van der Waals surface area contributed by atoms with E-state index < -0.39 is 10.0 Å². The van der Waals surface area contributed by atoms with Crippen molar-refractivity contribution in [3.05, 3.63) is 52.9 Å². The van der Waals surface area contributed by atoms with E-state index in [9.17, 15) is 18.0 Å². The first kappa shape index (κ1) is 19.4. The van der Waals surface area contributed by atoms with Crippen LogP contribution in [-0.4, -0.2) is 63.3 Å². The zero-order valence-electron chi connectivity index (χ0n) is 14.5. The molecule has 0 aliphatic carbocycles. The SMILES string of the molecule is CNS(=O)(=O)c1cc(C(=O)N2CCN(C(=O)c3ccoc3)CC2)ccc1Cl. The lowest BCUT2D eigenvalue weighted by Crippen LogP contribution is -2.50. The highest BCUT2D eigenvalue weighted by atomic mass is 35.5. The second-order valence-electron chi connectivity index (χ2n) is 5.95. The van der Waals surface area contributed by atoms with Gasteiger partial charge in [0.2, 0.25) is 10.0 Å². The number of hydrogen-bond acceptors (Lipinski definition) is 5. The van der Waals surface area contributed by atoms with E-state index in [2.05, 4.69) is 4.72 Å². The Kier molecular flexibility index (Phi) is 5.54. The molecule has 1 fully saturated rings. The molecule has 1 aromatic carbocycles. The van der Waals surface area contributed by atoms with Gasteiger partial charge < -0.3 is 14.2 Å². The Bertz CT molecular complexity index is 951. The fourth-order valence-corrected chi connectivity index (χ4v) is 4.07.